The Morgan fingerprint density at radius 3 is 0.635 bits per heavy atom. The van der Waals surface area contributed by atoms with Gasteiger partial charge in [-0.1, -0.05) is 0 Å². The third-order valence-electron chi connectivity index (χ3n) is 16.0. The number of hydrogen-bond donors (Lipinski definition) is 0. The van der Waals surface area contributed by atoms with E-state index in [1.165, 1.54) is 17.6 Å². The van der Waals surface area contributed by atoms with Crippen molar-refractivity contribution < 1.29 is 0 Å². The van der Waals surface area contributed by atoms with Gasteiger partial charge in [-0.05, 0) is 0 Å². The van der Waals surface area contributed by atoms with Crippen LogP contribution >= 0.6 is 0 Å². The second-order valence-electron chi connectivity index (χ2n) is 20.9. The van der Waals surface area contributed by atoms with Crippen LogP contribution in [0.25, 0.3) is 113 Å². The Labute approximate surface area is 490 Å². The van der Waals surface area contributed by atoms with Crippen molar-refractivity contribution in [3.8, 4) is 68.3 Å². The fourth-order valence-electron chi connectivity index (χ4n) is 12.2. The van der Waals surface area contributed by atoms with Gasteiger partial charge in [0.2, 0.25) is 0 Å². The maximum atomic E-state index is 5.25. The summed E-state index contributed by atoms with van der Waals surface area (Å²) >= 11 is -4.25. The number of rotatable bonds is 12. The van der Waals surface area contributed by atoms with Crippen molar-refractivity contribution in [3.05, 3.63) is 292 Å². The van der Waals surface area contributed by atoms with Crippen molar-refractivity contribution in [2.75, 3.05) is 0 Å². The molecule has 16 rings (SSSR count). The SMILES string of the molecule is c1ccc(-n2c(-c3cc[c]([Ge]([c]4ccc(-c5nc6cccnc6n5-c5ccccc5)cc4)([c]4ccc(-c5nc6cccnc6n5-c5ccccc5)cc4)[c]4ccc(-c5nc6cccnc6n5-c5ccccc5)cc4)cc3)nc3cccnc32)cc1. The molecule has 0 saturated heterocycles. The fourth-order valence-corrected chi connectivity index (χ4v) is 22.0. The van der Waals surface area contributed by atoms with Crippen LogP contribution in [0, 0.1) is 0 Å². The molecule has 8 aromatic heterocycles. The Morgan fingerprint density at radius 2 is 0.424 bits per heavy atom. The maximum absolute atomic E-state index is 5.25. The van der Waals surface area contributed by atoms with E-state index in [0.717, 1.165) is 113 Å². The van der Waals surface area contributed by atoms with Crippen LogP contribution in [0.3, 0.4) is 0 Å². The van der Waals surface area contributed by atoms with Gasteiger partial charge in [-0.15, -0.1) is 0 Å². The van der Waals surface area contributed by atoms with Crippen molar-refractivity contribution >= 4 is 75.5 Å². The summed E-state index contributed by atoms with van der Waals surface area (Å²) in [5, 5.41) is 0. The van der Waals surface area contributed by atoms with Crippen LogP contribution in [0.4, 0.5) is 0 Å². The van der Waals surface area contributed by atoms with Crippen molar-refractivity contribution in [1.29, 1.82) is 0 Å². The quantitative estimate of drug-likeness (QED) is 0.111. The molecular weight excluding hydrogens is 1110 g/mol. The second kappa shape index (κ2) is 20.6. The van der Waals surface area contributed by atoms with Crippen molar-refractivity contribution in [3.63, 3.8) is 0 Å². The van der Waals surface area contributed by atoms with E-state index in [1.54, 1.807) is 0 Å². The summed E-state index contributed by atoms with van der Waals surface area (Å²) in [6, 6.07) is 94.0. The van der Waals surface area contributed by atoms with Crippen LogP contribution in [-0.4, -0.2) is 71.4 Å². The van der Waals surface area contributed by atoms with Gasteiger partial charge in [-0.25, -0.2) is 0 Å². The first-order valence-electron chi connectivity index (χ1n) is 28.1. The molecule has 13 heteroatoms. The van der Waals surface area contributed by atoms with Crippen LogP contribution in [-0.2, 0) is 0 Å². The number of nitrogens with zero attached hydrogens (tertiary/aromatic N) is 12. The Balaban J connectivity index is 0.930. The molecule has 16 aromatic rings. The topological polar surface area (TPSA) is 123 Å². The third kappa shape index (κ3) is 8.37. The van der Waals surface area contributed by atoms with E-state index in [0.29, 0.717) is 0 Å². The summed E-state index contributed by atoms with van der Waals surface area (Å²) in [6.07, 6.45) is 7.32. The van der Waals surface area contributed by atoms with E-state index in [9.17, 15) is 0 Å². The van der Waals surface area contributed by atoms with Gasteiger partial charge >= 0.3 is 494 Å². The Bertz CT molecular complexity index is 4430. The molecule has 0 N–H and O–H groups in total. The molecule has 0 fully saturated rings. The molecule has 0 spiro atoms. The molecule has 400 valence electrons. The first-order valence-corrected chi connectivity index (χ1v) is 32.3. The summed E-state index contributed by atoms with van der Waals surface area (Å²) in [4.78, 5) is 40.4. The van der Waals surface area contributed by atoms with Crippen LogP contribution in [0.2, 0.25) is 0 Å². The molecule has 0 unspecified atom stereocenters. The molecule has 8 aromatic carbocycles. The van der Waals surface area contributed by atoms with Gasteiger partial charge in [-0.2, -0.15) is 0 Å². The summed E-state index contributed by atoms with van der Waals surface area (Å²) in [6.45, 7) is 0. The zero-order chi connectivity index (χ0) is 56.3. The molecule has 0 aliphatic carbocycles. The number of aromatic nitrogens is 12. The Morgan fingerprint density at radius 1 is 0.212 bits per heavy atom. The molecule has 8 heterocycles. The van der Waals surface area contributed by atoms with Gasteiger partial charge < -0.3 is 0 Å². The van der Waals surface area contributed by atoms with Gasteiger partial charge in [0.15, 0.2) is 0 Å². The Hall–Kier alpha value is -11.2. The van der Waals surface area contributed by atoms with E-state index in [4.69, 9.17) is 39.9 Å². The zero-order valence-corrected chi connectivity index (χ0v) is 47.7. The molecule has 0 bridgehead atoms. The van der Waals surface area contributed by atoms with Crippen LogP contribution in [0.15, 0.2) is 292 Å². The van der Waals surface area contributed by atoms with Crippen LogP contribution in [0.1, 0.15) is 0 Å². The molecule has 0 radical (unpaired) electrons. The van der Waals surface area contributed by atoms with E-state index in [-0.39, 0.29) is 0 Å². The molecule has 12 nitrogen and oxygen atoms in total. The molecule has 0 aliphatic heterocycles. The number of imidazole rings is 4. The standard InChI is InChI=1S/C72H48GeN12/c1-5-17-57(18-6-1)82-65(78-61-25-13-45-74-69(61)82)49-29-37-53(38-30-49)73(54-39-31-50(32-40-54)66-79-62-26-14-46-75-70(62)83(66)58-19-7-2-8-20-58,55-41-33-51(34-42-55)67-80-63-27-15-47-76-71(63)84(67)59-21-9-3-10-22-59)56-43-35-52(36-44-56)68-81-64-28-16-48-77-72(64)85(68)60-23-11-4-12-24-60/h1-48H. The minimum absolute atomic E-state index is 0.796. The number of fused-ring (bicyclic) bond motifs is 4. The average molecular weight is 1150 g/mol. The van der Waals surface area contributed by atoms with Crippen LogP contribution < -0.4 is 17.6 Å². The predicted molar refractivity (Wildman–Crippen MR) is 341 cm³/mol. The van der Waals surface area contributed by atoms with E-state index >= 15 is 0 Å². The first kappa shape index (κ1) is 49.6. The van der Waals surface area contributed by atoms with Crippen molar-refractivity contribution in [2.24, 2.45) is 0 Å². The molecule has 85 heavy (non-hydrogen) atoms. The predicted octanol–water partition coefficient (Wildman–Crippen LogP) is 12.7. The Kier molecular flexibility index (Phi) is 12.0. The number of hydrogen-bond acceptors (Lipinski definition) is 8. The molecular formula is C72H48GeN12. The van der Waals surface area contributed by atoms with Gasteiger partial charge in [0.1, 0.15) is 0 Å². The van der Waals surface area contributed by atoms with Crippen molar-refractivity contribution in [2.45, 2.75) is 0 Å². The summed E-state index contributed by atoms with van der Waals surface area (Å²) in [7, 11) is 0. The fraction of sp³-hybridized carbons (Fsp3) is 0. The number of para-hydroxylation sites is 4. The van der Waals surface area contributed by atoms with Gasteiger partial charge in [0.05, 0.1) is 0 Å². The molecule has 0 aliphatic rings. The molecule has 0 atom stereocenters. The van der Waals surface area contributed by atoms with E-state index in [1.807, 2.05) is 97.6 Å². The second-order valence-corrected chi connectivity index (χ2v) is 28.9. The molecule has 0 amide bonds. The van der Waals surface area contributed by atoms with E-state index < -0.39 is 13.3 Å². The first-order chi connectivity index (χ1) is 42.2. The van der Waals surface area contributed by atoms with Crippen molar-refractivity contribution in [1.82, 2.24) is 58.1 Å². The summed E-state index contributed by atoms with van der Waals surface area (Å²) in [5.74, 6) is 3.24. The summed E-state index contributed by atoms with van der Waals surface area (Å²) in [5.41, 5.74) is 14.3. The van der Waals surface area contributed by atoms with Crippen LogP contribution in [0.5, 0.6) is 0 Å². The third-order valence-corrected chi connectivity index (χ3v) is 26.1. The normalized spacial score (nSPS) is 11.8. The molecule has 0 saturated carbocycles. The monoisotopic (exact) mass is 1150 g/mol. The number of benzene rings is 8. The van der Waals surface area contributed by atoms with E-state index in [2.05, 4.69) is 212 Å². The zero-order valence-electron chi connectivity index (χ0n) is 45.6. The van der Waals surface area contributed by atoms with Gasteiger partial charge in [0, 0.05) is 0 Å². The summed E-state index contributed by atoms with van der Waals surface area (Å²) < 4.78 is 13.5. The van der Waals surface area contributed by atoms with Gasteiger partial charge in [0.25, 0.3) is 0 Å². The van der Waals surface area contributed by atoms with Gasteiger partial charge in [-0.3, -0.25) is 0 Å². The number of pyridine rings is 4. The minimum atomic E-state index is -4.25. The average Bonchev–Trinajstić information content (AvgIpc) is 1.98.